The summed E-state index contributed by atoms with van der Waals surface area (Å²) >= 11 is 1.73. The molecule has 6 heteroatoms. The van der Waals surface area contributed by atoms with E-state index in [2.05, 4.69) is 31.7 Å². The third kappa shape index (κ3) is 3.46. The molecule has 0 aliphatic carbocycles. The summed E-state index contributed by atoms with van der Waals surface area (Å²) in [4.78, 5) is 24.9. The minimum absolute atomic E-state index is 0.0160. The van der Waals surface area contributed by atoms with Crippen molar-refractivity contribution in [2.24, 2.45) is 0 Å². The van der Waals surface area contributed by atoms with Gasteiger partial charge < -0.3 is 4.90 Å². The summed E-state index contributed by atoms with van der Waals surface area (Å²) in [5, 5.41) is 4.28. The van der Waals surface area contributed by atoms with Gasteiger partial charge in [0.2, 0.25) is 0 Å². The van der Waals surface area contributed by atoms with Gasteiger partial charge in [0, 0.05) is 38.9 Å². The fourth-order valence-electron chi connectivity index (χ4n) is 2.41. The maximum absolute atomic E-state index is 12.3. The van der Waals surface area contributed by atoms with Crippen molar-refractivity contribution in [1.29, 1.82) is 0 Å². The molecule has 2 aromatic rings. The first-order valence-electron chi connectivity index (χ1n) is 7.04. The number of hydrogen-bond acceptors (Lipinski definition) is 5. The Balaban J connectivity index is 1.55. The molecule has 0 aromatic carbocycles. The molecule has 1 amide bonds. The monoisotopic (exact) mass is 302 g/mol. The Morgan fingerprint density at radius 2 is 2.05 bits per heavy atom. The Bertz CT molecular complexity index is 589. The van der Waals surface area contributed by atoms with E-state index in [1.165, 1.54) is 5.56 Å². The van der Waals surface area contributed by atoms with Gasteiger partial charge in [0.05, 0.1) is 11.9 Å². The quantitative estimate of drug-likeness (QED) is 0.867. The van der Waals surface area contributed by atoms with Gasteiger partial charge in [-0.15, -0.1) is 0 Å². The summed E-state index contributed by atoms with van der Waals surface area (Å²) in [6.45, 7) is 6.14. The summed E-state index contributed by atoms with van der Waals surface area (Å²) in [7, 11) is 0. The Labute approximate surface area is 128 Å². The number of carbonyl (C=O) groups excluding carboxylic acids is 1. The average Bonchev–Trinajstić information content (AvgIpc) is 3.01. The molecule has 0 unspecified atom stereocenters. The maximum Gasteiger partial charge on any atom is 0.274 e. The zero-order chi connectivity index (χ0) is 14.7. The second-order valence-electron chi connectivity index (χ2n) is 5.24. The number of aromatic nitrogens is 2. The molecule has 1 fully saturated rings. The normalized spacial score (nSPS) is 16.1. The molecule has 0 spiro atoms. The lowest BCUT2D eigenvalue weighted by Crippen LogP contribution is -2.48. The van der Waals surface area contributed by atoms with Crippen molar-refractivity contribution >= 4 is 17.2 Å². The topological polar surface area (TPSA) is 49.3 Å². The van der Waals surface area contributed by atoms with Crippen LogP contribution < -0.4 is 0 Å². The van der Waals surface area contributed by atoms with Crippen molar-refractivity contribution in [3.63, 3.8) is 0 Å². The first-order chi connectivity index (χ1) is 10.2. The third-order valence-corrected chi connectivity index (χ3v) is 4.38. The number of nitrogens with zero attached hydrogens (tertiary/aromatic N) is 4. The molecule has 21 heavy (non-hydrogen) atoms. The summed E-state index contributed by atoms with van der Waals surface area (Å²) in [5.41, 5.74) is 2.61. The van der Waals surface area contributed by atoms with Crippen LogP contribution in [0.15, 0.2) is 29.2 Å². The molecular weight excluding hydrogens is 284 g/mol. The molecule has 0 atom stereocenters. The molecule has 1 aliphatic heterocycles. The fourth-order valence-corrected chi connectivity index (χ4v) is 3.07. The number of rotatable bonds is 3. The molecule has 1 saturated heterocycles. The summed E-state index contributed by atoms with van der Waals surface area (Å²) in [5.74, 6) is -0.0160. The smallest absolute Gasteiger partial charge is 0.274 e. The standard InChI is InChI=1S/C15H18N4OS/c1-12-8-17-14(9-16-12)15(20)19-5-3-18(4-6-19)10-13-2-7-21-11-13/h2,7-9,11H,3-6,10H2,1H3. The number of amides is 1. The molecule has 3 rings (SSSR count). The molecule has 0 bridgehead atoms. The van der Waals surface area contributed by atoms with E-state index in [1.54, 1.807) is 23.7 Å². The minimum Gasteiger partial charge on any atom is -0.335 e. The van der Waals surface area contributed by atoms with Crippen LogP contribution in [0.2, 0.25) is 0 Å². The van der Waals surface area contributed by atoms with E-state index < -0.39 is 0 Å². The van der Waals surface area contributed by atoms with E-state index in [1.807, 2.05) is 11.8 Å². The van der Waals surface area contributed by atoms with Gasteiger partial charge in [0.15, 0.2) is 0 Å². The van der Waals surface area contributed by atoms with Gasteiger partial charge in [-0.25, -0.2) is 4.98 Å². The highest BCUT2D eigenvalue weighted by Crippen LogP contribution is 2.12. The van der Waals surface area contributed by atoms with E-state index in [0.29, 0.717) is 5.69 Å². The van der Waals surface area contributed by atoms with Crippen molar-refractivity contribution in [3.8, 4) is 0 Å². The van der Waals surface area contributed by atoms with Crippen LogP contribution in [0.5, 0.6) is 0 Å². The van der Waals surface area contributed by atoms with Gasteiger partial charge in [0.25, 0.3) is 5.91 Å². The second-order valence-corrected chi connectivity index (χ2v) is 6.02. The first-order valence-corrected chi connectivity index (χ1v) is 7.98. The Morgan fingerprint density at radius 3 is 2.67 bits per heavy atom. The summed E-state index contributed by atoms with van der Waals surface area (Å²) in [6.07, 6.45) is 3.20. The van der Waals surface area contributed by atoms with Crippen LogP contribution in [0.3, 0.4) is 0 Å². The van der Waals surface area contributed by atoms with E-state index >= 15 is 0 Å². The predicted molar refractivity (Wildman–Crippen MR) is 82.3 cm³/mol. The van der Waals surface area contributed by atoms with E-state index in [-0.39, 0.29) is 5.91 Å². The molecule has 0 radical (unpaired) electrons. The second kappa shape index (κ2) is 6.32. The fraction of sp³-hybridized carbons (Fsp3) is 0.400. The number of piperazine rings is 1. The highest BCUT2D eigenvalue weighted by molar-refractivity contribution is 7.07. The van der Waals surface area contributed by atoms with Crippen LogP contribution in [0.1, 0.15) is 21.7 Å². The van der Waals surface area contributed by atoms with E-state index in [0.717, 1.165) is 38.4 Å². The van der Waals surface area contributed by atoms with Crippen molar-refractivity contribution in [2.75, 3.05) is 26.2 Å². The van der Waals surface area contributed by atoms with Gasteiger partial charge in [-0.3, -0.25) is 14.7 Å². The van der Waals surface area contributed by atoms with Crippen molar-refractivity contribution in [2.45, 2.75) is 13.5 Å². The van der Waals surface area contributed by atoms with Crippen molar-refractivity contribution < 1.29 is 4.79 Å². The molecule has 1 aliphatic rings. The number of aryl methyl sites for hydroxylation is 1. The number of thiophene rings is 1. The zero-order valence-electron chi connectivity index (χ0n) is 12.0. The van der Waals surface area contributed by atoms with Crippen LogP contribution in [-0.4, -0.2) is 51.9 Å². The lowest BCUT2D eigenvalue weighted by atomic mass is 10.2. The van der Waals surface area contributed by atoms with Gasteiger partial charge in [-0.1, -0.05) is 0 Å². The Kier molecular flexibility index (Phi) is 4.26. The van der Waals surface area contributed by atoms with Crippen LogP contribution in [0.4, 0.5) is 0 Å². The number of hydrogen-bond donors (Lipinski definition) is 0. The van der Waals surface area contributed by atoms with Crippen molar-refractivity contribution in [1.82, 2.24) is 19.8 Å². The van der Waals surface area contributed by atoms with Crippen LogP contribution in [0.25, 0.3) is 0 Å². The highest BCUT2D eigenvalue weighted by Gasteiger charge is 2.23. The molecule has 0 N–H and O–H groups in total. The molecule has 3 heterocycles. The first kappa shape index (κ1) is 14.2. The third-order valence-electron chi connectivity index (χ3n) is 3.65. The van der Waals surface area contributed by atoms with Gasteiger partial charge in [0.1, 0.15) is 5.69 Å². The molecular formula is C15H18N4OS. The summed E-state index contributed by atoms with van der Waals surface area (Å²) < 4.78 is 0. The van der Waals surface area contributed by atoms with Crippen LogP contribution in [-0.2, 0) is 6.54 Å². The maximum atomic E-state index is 12.3. The molecule has 2 aromatic heterocycles. The van der Waals surface area contributed by atoms with Crippen LogP contribution in [0, 0.1) is 6.92 Å². The lowest BCUT2D eigenvalue weighted by molar-refractivity contribution is 0.0622. The van der Waals surface area contributed by atoms with Crippen molar-refractivity contribution in [3.05, 3.63) is 46.2 Å². The van der Waals surface area contributed by atoms with Gasteiger partial charge >= 0.3 is 0 Å². The van der Waals surface area contributed by atoms with Crippen LogP contribution >= 0.6 is 11.3 Å². The summed E-state index contributed by atoms with van der Waals surface area (Å²) in [6, 6.07) is 2.16. The predicted octanol–water partition coefficient (Wildman–Crippen LogP) is 1.80. The highest BCUT2D eigenvalue weighted by atomic mass is 32.1. The molecule has 0 saturated carbocycles. The number of carbonyl (C=O) groups is 1. The lowest BCUT2D eigenvalue weighted by Gasteiger charge is -2.34. The SMILES string of the molecule is Cc1cnc(C(=O)N2CCN(Cc3ccsc3)CC2)cn1. The van der Waals surface area contributed by atoms with Gasteiger partial charge in [-0.05, 0) is 29.3 Å². The largest absolute Gasteiger partial charge is 0.335 e. The van der Waals surface area contributed by atoms with E-state index in [4.69, 9.17) is 0 Å². The minimum atomic E-state index is -0.0160. The average molecular weight is 302 g/mol. The Hall–Kier alpha value is -1.79. The molecule has 5 nitrogen and oxygen atoms in total. The Morgan fingerprint density at radius 1 is 1.24 bits per heavy atom. The molecule has 110 valence electrons. The zero-order valence-corrected chi connectivity index (χ0v) is 12.8. The van der Waals surface area contributed by atoms with E-state index in [9.17, 15) is 4.79 Å². The van der Waals surface area contributed by atoms with Gasteiger partial charge in [-0.2, -0.15) is 11.3 Å².